The highest BCUT2D eigenvalue weighted by molar-refractivity contribution is 7.10. The van der Waals surface area contributed by atoms with Gasteiger partial charge in [0.2, 0.25) is 0 Å². The van der Waals surface area contributed by atoms with Crippen molar-refractivity contribution < 1.29 is 23.1 Å². The van der Waals surface area contributed by atoms with Crippen molar-refractivity contribution >= 4 is 35.0 Å². The third-order valence-corrected chi connectivity index (χ3v) is 3.31. The van der Waals surface area contributed by atoms with E-state index >= 15 is 0 Å². The minimum Gasteiger partial charge on any atom is -0.452 e. The number of benzene rings is 1. The summed E-state index contributed by atoms with van der Waals surface area (Å²) < 4.78 is 30.4. The van der Waals surface area contributed by atoms with Crippen molar-refractivity contribution in [3.8, 4) is 0 Å². The summed E-state index contributed by atoms with van der Waals surface area (Å²) in [4.78, 5) is 23.8. The summed E-state index contributed by atoms with van der Waals surface area (Å²) in [7, 11) is 0. The molecule has 0 unspecified atom stereocenters. The minimum absolute atomic E-state index is 0.0778. The van der Waals surface area contributed by atoms with Gasteiger partial charge in [-0.2, -0.15) is 0 Å². The lowest BCUT2D eigenvalue weighted by Crippen LogP contribution is -2.20. The summed E-state index contributed by atoms with van der Waals surface area (Å²) in [5.74, 6) is -3.41. The van der Waals surface area contributed by atoms with Crippen LogP contribution in [-0.4, -0.2) is 18.5 Å². The molecule has 0 saturated carbocycles. The van der Waals surface area contributed by atoms with Crippen LogP contribution in [0.2, 0.25) is 0 Å². The van der Waals surface area contributed by atoms with Crippen molar-refractivity contribution in [3.63, 3.8) is 0 Å². The van der Waals surface area contributed by atoms with E-state index in [4.69, 9.17) is 4.74 Å². The summed E-state index contributed by atoms with van der Waals surface area (Å²) in [6, 6.07) is 6.59. The van der Waals surface area contributed by atoms with Crippen LogP contribution < -0.4 is 5.32 Å². The van der Waals surface area contributed by atoms with Crippen LogP contribution in [0.5, 0.6) is 0 Å². The van der Waals surface area contributed by atoms with E-state index in [1.165, 1.54) is 23.5 Å². The predicted molar refractivity (Wildman–Crippen MR) is 79.3 cm³/mol. The predicted octanol–water partition coefficient (Wildman–Crippen LogP) is 3.22. The highest BCUT2D eigenvalue weighted by atomic mass is 32.1. The lowest BCUT2D eigenvalue weighted by molar-refractivity contribution is -0.142. The van der Waals surface area contributed by atoms with Gasteiger partial charge in [0.25, 0.3) is 5.91 Å². The fourth-order valence-corrected chi connectivity index (χ4v) is 2.11. The zero-order chi connectivity index (χ0) is 15.9. The topological polar surface area (TPSA) is 55.4 Å². The van der Waals surface area contributed by atoms with E-state index in [1.54, 1.807) is 6.08 Å². The molecule has 1 aromatic carbocycles. The summed E-state index contributed by atoms with van der Waals surface area (Å²) in [6.07, 6.45) is 2.77. The number of rotatable bonds is 5. The molecule has 2 rings (SSSR count). The number of hydrogen-bond donors (Lipinski definition) is 1. The Hall–Kier alpha value is -2.54. The van der Waals surface area contributed by atoms with E-state index in [1.807, 2.05) is 17.5 Å². The molecular formula is C15H11F2NO3S. The van der Waals surface area contributed by atoms with Crippen LogP contribution in [0.3, 0.4) is 0 Å². The number of thiophene rings is 1. The van der Waals surface area contributed by atoms with E-state index in [2.05, 4.69) is 5.32 Å². The third-order valence-electron chi connectivity index (χ3n) is 2.48. The highest BCUT2D eigenvalue weighted by Crippen LogP contribution is 2.13. The zero-order valence-corrected chi connectivity index (χ0v) is 12.0. The third kappa shape index (κ3) is 4.78. The Morgan fingerprint density at radius 2 is 2.05 bits per heavy atom. The first-order chi connectivity index (χ1) is 10.5. The molecule has 1 aromatic heterocycles. The molecule has 4 nitrogen and oxygen atoms in total. The average Bonchev–Trinajstić information content (AvgIpc) is 3.00. The molecule has 2 aromatic rings. The smallest absolute Gasteiger partial charge is 0.331 e. The second-order valence-corrected chi connectivity index (χ2v) is 5.11. The molecular weight excluding hydrogens is 312 g/mol. The number of halogens is 2. The van der Waals surface area contributed by atoms with Gasteiger partial charge in [0.15, 0.2) is 18.2 Å². The summed E-state index contributed by atoms with van der Waals surface area (Å²) in [5.41, 5.74) is 0.0778. The van der Waals surface area contributed by atoms with Gasteiger partial charge < -0.3 is 10.1 Å². The maximum atomic E-state index is 13.0. The molecule has 0 atom stereocenters. The molecule has 0 saturated heterocycles. The first kappa shape index (κ1) is 15.8. The number of hydrogen-bond acceptors (Lipinski definition) is 4. The average molecular weight is 323 g/mol. The SMILES string of the molecule is O=C(COC(=O)/C=C/c1cccs1)Nc1ccc(F)c(F)c1. The maximum Gasteiger partial charge on any atom is 0.331 e. The molecule has 1 amide bonds. The Bertz CT molecular complexity index is 699. The molecule has 0 spiro atoms. The molecule has 22 heavy (non-hydrogen) atoms. The molecule has 0 fully saturated rings. The van der Waals surface area contributed by atoms with E-state index in [9.17, 15) is 18.4 Å². The van der Waals surface area contributed by atoms with Crippen LogP contribution >= 0.6 is 11.3 Å². The minimum atomic E-state index is -1.08. The van der Waals surface area contributed by atoms with Gasteiger partial charge in [-0.15, -0.1) is 11.3 Å². The number of amides is 1. The number of carbonyl (C=O) groups is 2. The fraction of sp³-hybridized carbons (Fsp3) is 0.0667. The van der Waals surface area contributed by atoms with Crippen LogP contribution in [-0.2, 0) is 14.3 Å². The van der Waals surface area contributed by atoms with Gasteiger partial charge in [0.05, 0.1) is 0 Å². The second-order valence-electron chi connectivity index (χ2n) is 4.13. The number of ether oxygens (including phenoxy) is 1. The molecule has 0 aliphatic rings. The maximum absolute atomic E-state index is 13.0. The molecule has 114 valence electrons. The molecule has 0 aliphatic heterocycles. The second kappa shape index (κ2) is 7.46. The fourth-order valence-electron chi connectivity index (χ4n) is 1.49. The lowest BCUT2D eigenvalue weighted by atomic mass is 10.3. The zero-order valence-electron chi connectivity index (χ0n) is 11.2. The van der Waals surface area contributed by atoms with E-state index in [-0.39, 0.29) is 5.69 Å². The van der Waals surface area contributed by atoms with Gasteiger partial charge in [0, 0.05) is 22.7 Å². The Morgan fingerprint density at radius 1 is 1.23 bits per heavy atom. The Morgan fingerprint density at radius 3 is 2.73 bits per heavy atom. The molecule has 1 heterocycles. The number of anilines is 1. The number of carbonyl (C=O) groups excluding carboxylic acids is 2. The van der Waals surface area contributed by atoms with Crippen molar-refractivity contribution in [2.75, 3.05) is 11.9 Å². The molecule has 0 bridgehead atoms. The molecule has 1 N–H and O–H groups in total. The van der Waals surface area contributed by atoms with Crippen LogP contribution in [0.25, 0.3) is 6.08 Å². The quantitative estimate of drug-likeness (QED) is 0.679. The van der Waals surface area contributed by atoms with Gasteiger partial charge >= 0.3 is 5.97 Å². The summed E-state index contributed by atoms with van der Waals surface area (Å²) >= 11 is 1.45. The summed E-state index contributed by atoms with van der Waals surface area (Å²) in [5, 5.41) is 4.15. The highest BCUT2D eigenvalue weighted by Gasteiger charge is 2.08. The van der Waals surface area contributed by atoms with Gasteiger partial charge in [-0.1, -0.05) is 6.07 Å². The lowest BCUT2D eigenvalue weighted by Gasteiger charge is -2.05. The van der Waals surface area contributed by atoms with Crippen molar-refractivity contribution in [2.45, 2.75) is 0 Å². The number of nitrogens with one attached hydrogen (secondary N) is 1. The van der Waals surface area contributed by atoms with Crippen LogP contribution in [0.1, 0.15) is 4.88 Å². The van der Waals surface area contributed by atoms with E-state index in [0.717, 1.165) is 17.0 Å². The van der Waals surface area contributed by atoms with Crippen molar-refractivity contribution in [2.24, 2.45) is 0 Å². The molecule has 0 aliphatic carbocycles. The van der Waals surface area contributed by atoms with Crippen molar-refractivity contribution in [1.29, 1.82) is 0 Å². The van der Waals surface area contributed by atoms with Crippen LogP contribution in [0, 0.1) is 11.6 Å². The molecule has 0 radical (unpaired) electrons. The monoisotopic (exact) mass is 323 g/mol. The van der Waals surface area contributed by atoms with Crippen LogP contribution in [0.15, 0.2) is 41.8 Å². The Kier molecular flexibility index (Phi) is 5.37. The van der Waals surface area contributed by atoms with Gasteiger partial charge in [0.1, 0.15) is 0 Å². The first-order valence-corrected chi connectivity index (χ1v) is 7.06. The number of esters is 1. The van der Waals surface area contributed by atoms with E-state index in [0.29, 0.717) is 0 Å². The first-order valence-electron chi connectivity index (χ1n) is 6.18. The van der Waals surface area contributed by atoms with Gasteiger partial charge in [-0.05, 0) is 29.7 Å². The van der Waals surface area contributed by atoms with Crippen molar-refractivity contribution in [1.82, 2.24) is 0 Å². The molecule has 7 heteroatoms. The standard InChI is InChI=1S/C15H11F2NO3S/c16-12-5-3-10(8-13(12)17)18-14(19)9-21-15(20)6-4-11-2-1-7-22-11/h1-8H,9H2,(H,18,19)/b6-4+. The Balaban J connectivity index is 1.79. The van der Waals surface area contributed by atoms with Crippen LogP contribution in [0.4, 0.5) is 14.5 Å². The van der Waals surface area contributed by atoms with Gasteiger partial charge in [-0.25, -0.2) is 13.6 Å². The van der Waals surface area contributed by atoms with Crippen molar-refractivity contribution in [3.05, 3.63) is 58.3 Å². The summed E-state index contributed by atoms with van der Waals surface area (Å²) in [6.45, 7) is -0.521. The van der Waals surface area contributed by atoms with E-state index < -0.39 is 30.1 Å². The van der Waals surface area contributed by atoms with Gasteiger partial charge in [-0.3, -0.25) is 4.79 Å². The Labute approximate surface area is 129 Å². The normalized spacial score (nSPS) is 10.6. The largest absolute Gasteiger partial charge is 0.452 e.